The molecule has 1 aromatic carbocycles. The summed E-state index contributed by atoms with van der Waals surface area (Å²) in [5, 5.41) is 4.72. The number of nitrogens with one attached hydrogen (secondary N) is 1. The van der Waals surface area contributed by atoms with Gasteiger partial charge in [0.05, 0.1) is 4.88 Å². The molecule has 1 aromatic heterocycles. The standard InChI is InChI=1S/C18H20N2O2S/c1-13-5-2-3-11-20(13)18(22)14-7-9-15(10-8-14)19-17(21)16-6-4-12-23-16/h4,6-10,12-13H,2-3,5,11H2,1H3,(H,19,21)/t13-/m0/s1. The topological polar surface area (TPSA) is 49.4 Å². The molecule has 120 valence electrons. The van der Waals surface area contributed by atoms with E-state index >= 15 is 0 Å². The van der Waals surface area contributed by atoms with Crippen molar-refractivity contribution < 1.29 is 9.59 Å². The van der Waals surface area contributed by atoms with Gasteiger partial charge in [0, 0.05) is 23.8 Å². The lowest BCUT2D eigenvalue weighted by atomic mass is 10.0. The number of hydrogen-bond donors (Lipinski definition) is 1. The van der Waals surface area contributed by atoms with Crippen LogP contribution in [0.5, 0.6) is 0 Å². The highest BCUT2D eigenvalue weighted by molar-refractivity contribution is 7.12. The summed E-state index contributed by atoms with van der Waals surface area (Å²) in [6, 6.07) is 11.1. The van der Waals surface area contributed by atoms with E-state index in [-0.39, 0.29) is 11.8 Å². The van der Waals surface area contributed by atoms with Gasteiger partial charge in [0.25, 0.3) is 11.8 Å². The third kappa shape index (κ3) is 3.62. The van der Waals surface area contributed by atoms with Crippen molar-refractivity contribution in [1.82, 2.24) is 4.90 Å². The highest BCUT2D eigenvalue weighted by Crippen LogP contribution is 2.20. The summed E-state index contributed by atoms with van der Waals surface area (Å²) in [6.45, 7) is 2.93. The van der Waals surface area contributed by atoms with Crippen molar-refractivity contribution in [3.8, 4) is 0 Å². The molecule has 2 aromatic rings. The normalized spacial score (nSPS) is 17.8. The molecule has 0 bridgehead atoms. The molecule has 1 fully saturated rings. The monoisotopic (exact) mass is 328 g/mol. The van der Waals surface area contributed by atoms with Crippen LogP contribution in [-0.4, -0.2) is 29.3 Å². The van der Waals surface area contributed by atoms with Gasteiger partial charge in [0.2, 0.25) is 0 Å². The van der Waals surface area contributed by atoms with E-state index < -0.39 is 0 Å². The van der Waals surface area contributed by atoms with Gasteiger partial charge in [0.15, 0.2) is 0 Å². The molecular formula is C18H20N2O2S. The quantitative estimate of drug-likeness (QED) is 0.925. The minimum Gasteiger partial charge on any atom is -0.336 e. The molecule has 5 heteroatoms. The van der Waals surface area contributed by atoms with Gasteiger partial charge >= 0.3 is 0 Å². The number of nitrogens with zero attached hydrogens (tertiary/aromatic N) is 1. The number of amides is 2. The zero-order chi connectivity index (χ0) is 16.2. The molecule has 1 atom stereocenters. The van der Waals surface area contributed by atoms with E-state index in [4.69, 9.17) is 0 Å². The SMILES string of the molecule is C[C@H]1CCCCN1C(=O)c1ccc(NC(=O)c2cccs2)cc1. The molecule has 2 heterocycles. The Kier molecular flexibility index (Phi) is 4.76. The van der Waals surface area contributed by atoms with Crippen LogP contribution in [0.4, 0.5) is 5.69 Å². The second-order valence-corrected chi connectivity index (χ2v) is 6.80. The molecule has 1 N–H and O–H groups in total. The minimum atomic E-state index is -0.122. The second kappa shape index (κ2) is 6.96. The first-order chi connectivity index (χ1) is 11.1. The fourth-order valence-electron chi connectivity index (χ4n) is 2.86. The highest BCUT2D eigenvalue weighted by atomic mass is 32.1. The number of anilines is 1. The Labute approximate surface area is 140 Å². The number of benzene rings is 1. The van der Waals surface area contributed by atoms with E-state index in [1.165, 1.54) is 17.8 Å². The number of likely N-dealkylation sites (tertiary alicyclic amines) is 1. The molecule has 0 spiro atoms. The van der Waals surface area contributed by atoms with Gasteiger partial charge in [0.1, 0.15) is 0 Å². The largest absolute Gasteiger partial charge is 0.336 e. The van der Waals surface area contributed by atoms with E-state index in [0.717, 1.165) is 19.4 Å². The van der Waals surface area contributed by atoms with E-state index in [2.05, 4.69) is 12.2 Å². The van der Waals surface area contributed by atoms with Crippen LogP contribution in [0.2, 0.25) is 0 Å². The number of carbonyl (C=O) groups excluding carboxylic acids is 2. The van der Waals surface area contributed by atoms with Crippen molar-refractivity contribution in [2.75, 3.05) is 11.9 Å². The molecule has 0 unspecified atom stereocenters. The minimum absolute atomic E-state index is 0.0772. The summed E-state index contributed by atoms with van der Waals surface area (Å²) < 4.78 is 0. The lowest BCUT2D eigenvalue weighted by molar-refractivity contribution is 0.0635. The van der Waals surface area contributed by atoms with Gasteiger partial charge in [-0.1, -0.05) is 6.07 Å². The molecule has 1 saturated heterocycles. The van der Waals surface area contributed by atoms with Crippen molar-refractivity contribution in [1.29, 1.82) is 0 Å². The molecule has 0 saturated carbocycles. The van der Waals surface area contributed by atoms with Crippen molar-refractivity contribution >= 4 is 28.8 Å². The number of thiophene rings is 1. The average molecular weight is 328 g/mol. The summed E-state index contributed by atoms with van der Waals surface area (Å²) in [5.74, 6) is -0.0444. The average Bonchev–Trinajstić information content (AvgIpc) is 3.10. The van der Waals surface area contributed by atoms with E-state index in [9.17, 15) is 9.59 Å². The molecule has 1 aliphatic rings. The summed E-state index contributed by atoms with van der Waals surface area (Å²) >= 11 is 1.40. The Morgan fingerprint density at radius 2 is 1.96 bits per heavy atom. The van der Waals surface area contributed by atoms with Gasteiger partial charge in [-0.05, 0) is 61.9 Å². The zero-order valence-corrected chi connectivity index (χ0v) is 13.9. The Hall–Kier alpha value is -2.14. The first-order valence-corrected chi connectivity index (χ1v) is 8.79. The lowest BCUT2D eigenvalue weighted by Gasteiger charge is -2.33. The summed E-state index contributed by atoms with van der Waals surface area (Å²) in [6.07, 6.45) is 3.34. The van der Waals surface area contributed by atoms with Crippen LogP contribution < -0.4 is 5.32 Å². The summed E-state index contributed by atoms with van der Waals surface area (Å²) in [4.78, 5) is 27.2. The fourth-order valence-corrected chi connectivity index (χ4v) is 3.48. The van der Waals surface area contributed by atoms with Gasteiger partial charge in [-0.25, -0.2) is 0 Å². The first kappa shape index (κ1) is 15.7. The van der Waals surface area contributed by atoms with E-state index in [1.54, 1.807) is 30.3 Å². The maximum atomic E-state index is 12.6. The molecule has 2 amide bonds. The van der Waals surface area contributed by atoms with Crippen LogP contribution >= 0.6 is 11.3 Å². The van der Waals surface area contributed by atoms with E-state index in [1.807, 2.05) is 16.3 Å². The van der Waals surface area contributed by atoms with Crippen LogP contribution in [0.3, 0.4) is 0 Å². The Morgan fingerprint density at radius 3 is 2.61 bits per heavy atom. The third-order valence-corrected chi connectivity index (χ3v) is 5.07. The smallest absolute Gasteiger partial charge is 0.265 e. The van der Waals surface area contributed by atoms with Crippen LogP contribution in [0, 0.1) is 0 Å². The fraction of sp³-hybridized carbons (Fsp3) is 0.333. The van der Waals surface area contributed by atoms with Gasteiger partial charge in [-0.15, -0.1) is 11.3 Å². The molecule has 23 heavy (non-hydrogen) atoms. The first-order valence-electron chi connectivity index (χ1n) is 7.91. The Balaban J connectivity index is 1.67. The van der Waals surface area contributed by atoms with Crippen molar-refractivity contribution in [3.63, 3.8) is 0 Å². The van der Waals surface area contributed by atoms with Crippen molar-refractivity contribution in [2.24, 2.45) is 0 Å². The number of carbonyl (C=O) groups is 2. The third-order valence-electron chi connectivity index (χ3n) is 4.20. The number of rotatable bonds is 3. The number of piperidine rings is 1. The summed E-state index contributed by atoms with van der Waals surface area (Å²) in [5.41, 5.74) is 1.37. The number of hydrogen-bond acceptors (Lipinski definition) is 3. The highest BCUT2D eigenvalue weighted by Gasteiger charge is 2.24. The zero-order valence-electron chi connectivity index (χ0n) is 13.1. The predicted octanol–water partition coefficient (Wildman–Crippen LogP) is 4.02. The van der Waals surface area contributed by atoms with Gasteiger partial charge < -0.3 is 10.2 Å². The predicted molar refractivity (Wildman–Crippen MR) is 93.1 cm³/mol. The molecule has 1 aliphatic heterocycles. The van der Waals surface area contributed by atoms with Gasteiger partial charge in [-0.2, -0.15) is 0 Å². The van der Waals surface area contributed by atoms with Gasteiger partial charge in [-0.3, -0.25) is 9.59 Å². The molecule has 4 nitrogen and oxygen atoms in total. The molecular weight excluding hydrogens is 308 g/mol. The molecule has 0 radical (unpaired) electrons. The molecule has 0 aliphatic carbocycles. The van der Waals surface area contributed by atoms with Crippen molar-refractivity contribution in [3.05, 3.63) is 52.2 Å². The van der Waals surface area contributed by atoms with Crippen LogP contribution in [-0.2, 0) is 0 Å². The van der Waals surface area contributed by atoms with E-state index in [0.29, 0.717) is 22.2 Å². The van der Waals surface area contributed by atoms with Crippen molar-refractivity contribution in [2.45, 2.75) is 32.2 Å². The summed E-state index contributed by atoms with van der Waals surface area (Å²) in [7, 11) is 0. The Bertz CT molecular complexity index is 680. The lowest BCUT2D eigenvalue weighted by Crippen LogP contribution is -2.42. The van der Waals surface area contributed by atoms with Crippen LogP contribution in [0.25, 0.3) is 0 Å². The maximum Gasteiger partial charge on any atom is 0.265 e. The molecule has 3 rings (SSSR count). The Morgan fingerprint density at radius 1 is 1.17 bits per heavy atom. The maximum absolute atomic E-state index is 12.6. The second-order valence-electron chi connectivity index (χ2n) is 5.85. The van der Waals surface area contributed by atoms with Crippen LogP contribution in [0.15, 0.2) is 41.8 Å². The van der Waals surface area contributed by atoms with Crippen LogP contribution in [0.1, 0.15) is 46.2 Å².